The number of halogens is 1. The first-order valence-corrected chi connectivity index (χ1v) is 7.66. The molecule has 0 aliphatic carbocycles. The van der Waals surface area contributed by atoms with Crippen molar-refractivity contribution in [1.29, 1.82) is 0 Å². The Balaban J connectivity index is 1.95. The zero-order valence-electron chi connectivity index (χ0n) is 11.2. The van der Waals surface area contributed by atoms with E-state index in [9.17, 15) is 0 Å². The van der Waals surface area contributed by atoms with Gasteiger partial charge in [0.2, 0.25) is 0 Å². The molecule has 1 atom stereocenters. The molecule has 2 rings (SSSR count). The van der Waals surface area contributed by atoms with Crippen molar-refractivity contribution in [2.75, 3.05) is 5.32 Å². The third kappa shape index (κ3) is 4.44. The third-order valence-corrected chi connectivity index (χ3v) is 4.12. The lowest BCUT2D eigenvalue weighted by molar-refractivity contribution is 0.217. The number of anilines is 1. The molecule has 0 saturated carbocycles. The number of hydrogen-bond acceptors (Lipinski definition) is 3. The Labute approximate surface area is 123 Å². The molecule has 1 aromatic carbocycles. The van der Waals surface area contributed by atoms with Crippen LogP contribution in [0.5, 0.6) is 5.75 Å². The van der Waals surface area contributed by atoms with Crippen LogP contribution in [0.3, 0.4) is 0 Å². The lowest BCUT2D eigenvalue weighted by Gasteiger charge is -2.13. The van der Waals surface area contributed by atoms with Crippen LogP contribution in [0.25, 0.3) is 0 Å². The molecular formula is C15H18ClNOS. The van der Waals surface area contributed by atoms with Crippen LogP contribution in [0.1, 0.15) is 25.1 Å². The molecule has 0 spiro atoms. The van der Waals surface area contributed by atoms with Gasteiger partial charge in [-0.25, -0.2) is 0 Å². The van der Waals surface area contributed by atoms with E-state index in [1.165, 1.54) is 4.88 Å². The van der Waals surface area contributed by atoms with Gasteiger partial charge < -0.3 is 10.1 Å². The fraction of sp³-hybridized carbons (Fsp3) is 0.333. The third-order valence-electron chi connectivity index (χ3n) is 2.83. The van der Waals surface area contributed by atoms with E-state index in [1.807, 2.05) is 35.7 Å². The summed E-state index contributed by atoms with van der Waals surface area (Å²) in [5.74, 6) is 0.906. The molecule has 0 aliphatic rings. The van der Waals surface area contributed by atoms with Crippen LogP contribution >= 0.6 is 22.9 Å². The second kappa shape index (κ2) is 6.83. The predicted molar refractivity (Wildman–Crippen MR) is 83.5 cm³/mol. The minimum absolute atomic E-state index is 0.242. The minimum atomic E-state index is 0.242. The standard InChI is InChI=1S/C15H18ClNOS/c1-3-11(2)18-14-6-4-5-13(8-14)17-9-15-7-12(16)10-19-15/h4-8,10-11,17H,3,9H2,1-2H3. The Morgan fingerprint density at radius 1 is 1.37 bits per heavy atom. The quantitative estimate of drug-likeness (QED) is 0.792. The number of hydrogen-bond donors (Lipinski definition) is 1. The van der Waals surface area contributed by atoms with Crippen molar-refractivity contribution in [1.82, 2.24) is 0 Å². The summed E-state index contributed by atoms with van der Waals surface area (Å²) in [7, 11) is 0. The number of nitrogens with one attached hydrogen (secondary N) is 1. The summed E-state index contributed by atoms with van der Waals surface area (Å²) < 4.78 is 5.80. The van der Waals surface area contributed by atoms with Gasteiger partial charge in [-0.05, 0) is 31.5 Å². The number of thiophene rings is 1. The van der Waals surface area contributed by atoms with E-state index in [2.05, 4.69) is 19.2 Å². The lowest BCUT2D eigenvalue weighted by Crippen LogP contribution is -2.09. The molecule has 1 heterocycles. The van der Waals surface area contributed by atoms with Gasteiger partial charge in [0.1, 0.15) is 5.75 Å². The molecule has 1 N–H and O–H groups in total. The lowest BCUT2D eigenvalue weighted by atomic mass is 10.2. The molecule has 0 radical (unpaired) electrons. The van der Waals surface area contributed by atoms with Crippen molar-refractivity contribution >= 4 is 28.6 Å². The number of rotatable bonds is 6. The fourth-order valence-electron chi connectivity index (χ4n) is 1.63. The predicted octanol–water partition coefficient (Wildman–Crippen LogP) is 5.19. The Bertz CT molecular complexity index is 526. The van der Waals surface area contributed by atoms with E-state index in [1.54, 1.807) is 11.3 Å². The Morgan fingerprint density at radius 2 is 2.21 bits per heavy atom. The first-order valence-electron chi connectivity index (χ1n) is 6.41. The van der Waals surface area contributed by atoms with E-state index in [4.69, 9.17) is 16.3 Å². The molecule has 2 aromatic rings. The summed E-state index contributed by atoms with van der Waals surface area (Å²) in [6, 6.07) is 10.0. The van der Waals surface area contributed by atoms with Crippen molar-refractivity contribution in [2.24, 2.45) is 0 Å². The topological polar surface area (TPSA) is 21.3 Å². The van der Waals surface area contributed by atoms with Crippen LogP contribution in [0.2, 0.25) is 5.02 Å². The maximum atomic E-state index is 5.90. The highest BCUT2D eigenvalue weighted by molar-refractivity contribution is 7.10. The monoisotopic (exact) mass is 295 g/mol. The normalized spacial score (nSPS) is 12.2. The van der Waals surface area contributed by atoms with Gasteiger partial charge in [-0.3, -0.25) is 0 Å². The van der Waals surface area contributed by atoms with E-state index in [-0.39, 0.29) is 6.10 Å². The molecule has 0 fully saturated rings. The van der Waals surface area contributed by atoms with E-state index >= 15 is 0 Å². The second-order valence-electron chi connectivity index (χ2n) is 4.45. The van der Waals surface area contributed by atoms with Crippen LogP contribution in [0, 0.1) is 0 Å². The molecule has 1 aromatic heterocycles. The van der Waals surface area contributed by atoms with E-state index < -0.39 is 0 Å². The molecule has 19 heavy (non-hydrogen) atoms. The summed E-state index contributed by atoms with van der Waals surface area (Å²) in [4.78, 5) is 1.22. The number of benzene rings is 1. The summed E-state index contributed by atoms with van der Waals surface area (Å²) in [5, 5.41) is 6.12. The van der Waals surface area contributed by atoms with Crippen LogP contribution in [0.4, 0.5) is 5.69 Å². The van der Waals surface area contributed by atoms with Crippen molar-refractivity contribution in [3.8, 4) is 5.75 Å². The summed E-state index contributed by atoms with van der Waals surface area (Å²) in [6.45, 7) is 4.98. The van der Waals surface area contributed by atoms with Gasteiger partial charge in [-0.2, -0.15) is 0 Å². The van der Waals surface area contributed by atoms with Crippen molar-refractivity contribution in [3.63, 3.8) is 0 Å². The highest BCUT2D eigenvalue weighted by Crippen LogP contribution is 2.22. The molecule has 0 amide bonds. The average molecular weight is 296 g/mol. The molecule has 1 unspecified atom stereocenters. The highest BCUT2D eigenvalue weighted by Gasteiger charge is 2.02. The zero-order chi connectivity index (χ0) is 13.7. The van der Waals surface area contributed by atoms with Crippen molar-refractivity contribution in [3.05, 3.63) is 45.6 Å². The van der Waals surface area contributed by atoms with Crippen LogP contribution in [0.15, 0.2) is 35.7 Å². The largest absolute Gasteiger partial charge is 0.491 e. The van der Waals surface area contributed by atoms with Crippen molar-refractivity contribution < 1.29 is 4.74 Å². The van der Waals surface area contributed by atoms with Gasteiger partial charge >= 0.3 is 0 Å². The Morgan fingerprint density at radius 3 is 2.89 bits per heavy atom. The molecule has 4 heteroatoms. The summed E-state index contributed by atoms with van der Waals surface area (Å²) in [6.07, 6.45) is 1.25. The summed E-state index contributed by atoms with van der Waals surface area (Å²) >= 11 is 7.56. The first kappa shape index (κ1) is 14.2. The second-order valence-corrected chi connectivity index (χ2v) is 5.88. The van der Waals surface area contributed by atoms with Gasteiger partial charge in [0.25, 0.3) is 0 Å². The molecule has 102 valence electrons. The smallest absolute Gasteiger partial charge is 0.121 e. The SMILES string of the molecule is CCC(C)Oc1cccc(NCc2cc(Cl)cs2)c1. The van der Waals surface area contributed by atoms with Gasteiger partial charge in [0.15, 0.2) is 0 Å². The molecule has 0 aliphatic heterocycles. The molecular weight excluding hydrogens is 278 g/mol. The molecule has 2 nitrogen and oxygen atoms in total. The Hall–Kier alpha value is -1.19. The maximum absolute atomic E-state index is 5.90. The van der Waals surface area contributed by atoms with Gasteiger partial charge in [-0.1, -0.05) is 24.6 Å². The van der Waals surface area contributed by atoms with Crippen molar-refractivity contribution in [2.45, 2.75) is 32.9 Å². The fourth-order valence-corrected chi connectivity index (χ4v) is 2.64. The van der Waals surface area contributed by atoms with E-state index in [0.717, 1.165) is 29.4 Å². The highest BCUT2D eigenvalue weighted by atomic mass is 35.5. The maximum Gasteiger partial charge on any atom is 0.121 e. The first-order chi connectivity index (χ1) is 9.17. The zero-order valence-corrected chi connectivity index (χ0v) is 12.7. The van der Waals surface area contributed by atoms with Gasteiger partial charge in [0.05, 0.1) is 11.1 Å². The minimum Gasteiger partial charge on any atom is -0.491 e. The van der Waals surface area contributed by atoms with Gasteiger partial charge in [0, 0.05) is 28.6 Å². The molecule has 0 bridgehead atoms. The van der Waals surface area contributed by atoms with Crippen LogP contribution < -0.4 is 10.1 Å². The Kier molecular flexibility index (Phi) is 5.11. The molecule has 0 saturated heterocycles. The van der Waals surface area contributed by atoms with Gasteiger partial charge in [-0.15, -0.1) is 11.3 Å². The van der Waals surface area contributed by atoms with Crippen LogP contribution in [-0.2, 0) is 6.54 Å². The van der Waals surface area contributed by atoms with E-state index in [0.29, 0.717) is 0 Å². The average Bonchev–Trinajstić information content (AvgIpc) is 2.82. The summed E-state index contributed by atoms with van der Waals surface area (Å²) in [5.41, 5.74) is 1.06. The van der Waals surface area contributed by atoms with Crippen LogP contribution in [-0.4, -0.2) is 6.10 Å². The number of ether oxygens (including phenoxy) is 1.